The number of aliphatic hydroxyl groups excluding tert-OH is 2. The fraction of sp³-hybridized carbons (Fsp3) is 0.333. The van der Waals surface area contributed by atoms with Crippen molar-refractivity contribution in [1.29, 1.82) is 0 Å². The third kappa shape index (κ3) is 2.88. The average Bonchev–Trinajstić information content (AvgIpc) is 2.81. The van der Waals surface area contributed by atoms with Crippen LogP contribution < -0.4 is 5.32 Å². The van der Waals surface area contributed by atoms with E-state index in [0.29, 0.717) is 0 Å². The summed E-state index contributed by atoms with van der Waals surface area (Å²) in [4.78, 5) is 24.1. The Kier molecular flexibility index (Phi) is 4.33. The molecule has 0 radical (unpaired) electrons. The van der Waals surface area contributed by atoms with Gasteiger partial charge in [-0.3, -0.25) is 9.59 Å². The highest BCUT2D eigenvalue weighted by Crippen LogP contribution is 2.23. The Balaban J connectivity index is 2.14. The standard InChI is InChI=1S/C12H10F4N2O4/c13-4-1-5(9(15)10(16)8(4)14)17-11(21)12(22)18-2-6(19)7(20)3-18/h1,6-7,19-20H,2-3H2,(H,17,21)/t6-,7-/m1/s1. The molecule has 120 valence electrons. The van der Waals surface area contributed by atoms with Crippen LogP contribution in [-0.2, 0) is 9.59 Å². The van der Waals surface area contributed by atoms with E-state index in [2.05, 4.69) is 0 Å². The maximum absolute atomic E-state index is 13.4. The molecule has 22 heavy (non-hydrogen) atoms. The van der Waals surface area contributed by atoms with Crippen LogP contribution in [0.3, 0.4) is 0 Å². The minimum Gasteiger partial charge on any atom is -0.388 e. The number of carbonyl (C=O) groups excluding carboxylic acids is 2. The van der Waals surface area contributed by atoms with Crippen LogP contribution in [-0.4, -0.2) is 52.2 Å². The second kappa shape index (κ2) is 5.89. The molecule has 0 aromatic heterocycles. The normalized spacial score (nSPS) is 21.1. The SMILES string of the molecule is O=C(Nc1cc(F)c(F)c(F)c1F)C(=O)N1C[C@@H](O)[C@H](O)C1. The summed E-state index contributed by atoms with van der Waals surface area (Å²) in [5, 5.41) is 20.1. The molecule has 1 aliphatic heterocycles. The summed E-state index contributed by atoms with van der Waals surface area (Å²) in [6.07, 6.45) is -2.48. The van der Waals surface area contributed by atoms with Gasteiger partial charge in [0, 0.05) is 19.2 Å². The topological polar surface area (TPSA) is 89.9 Å². The molecule has 1 heterocycles. The van der Waals surface area contributed by atoms with Crippen molar-refractivity contribution in [2.24, 2.45) is 0 Å². The molecule has 3 N–H and O–H groups in total. The number of aliphatic hydroxyl groups is 2. The molecule has 0 spiro atoms. The van der Waals surface area contributed by atoms with Crippen LogP contribution in [0.15, 0.2) is 6.07 Å². The lowest BCUT2D eigenvalue weighted by Gasteiger charge is -2.15. The van der Waals surface area contributed by atoms with Gasteiger partial charge in [-0.25, -0.2) is 17.6 Å². The second-order valence-electron chi connectivity index (χ2n) is 4.65. The Labute approximate surface area is 120 Å². The van der Waals surface area contributed by atoms with Crippen LogP contribution in [0, 0.1) is 23.3 Å². The number of benzene rings is 1. The lowest BCUT2D eigenvalue weighted by Crippen LogP contribution is -2.39. The number of β-amino-alcohol motifs (C(OH)–C–C–N with tert-alkyl or cyclic N) is 2. The quantitative estimate of drug-likeness (QED) is 0.288. The van der Waals surface area contributed by atoms with Gasteiger partial charge >= 0.3 is 11.8 Å². The van der Waals surface area contributed by atoms with Crippen molar-refractivity contribution in [2.75, 3.05) is 18.4 Å². The zero-order valence-electron chi connectivity index (χ0n) is 10.8. The fourth-order valence-corrected chi connectivity index (χ4v) is 1.92. The average molecular weight is 322 g/mol. The zero-order valence-corrected chi connectivity index (χ0v) is 10.8. The second-order valence-corrected chi connectivity index (χ2v) is 4.65. The first-order chi connectivity index (χ1) is 10.2. The Hall–Kier alpha value is -2.20. The first-order valence-corrected chi connectivity index (χ1v) is 6.01. The van der Waals surface area contributed by atoms with E-state index in [1.54, 1.807) is 5.32 Å². The molecular formula is C12H10F4N2O4. The summed E-state index contributed by atoms with van der Waals surface area (Å²) in [5.41, 5.74) is -1.05. The van der Waals surface area contributed by atoms with Crippen LogP contribution in [0.4, 0.5) is 23.2 Å². The smallest absolute Gasteiger partial charge is 0.313 e. The summed E-state index contributed by atoms with van der Waals surface area (Å²) in [7, 11) is 0. The molecule has 1 aromatic carbocycles. The van der Waals surface area contributed by atoms with Gasteiger partial charge in [0.2, 0.25) is 0 Å². The molecule has 0 aliphatic carbocycles. The molecule has 0 bridgehead atoms. The molecular weight excluding hydrogens is 312 g/mol. The summed E-state index contributed by atoms with van der Waals surface area (Å²) in [5.74, 6) is -10.5. The molecule has 10 heteroatoms. The molecule has 0 saturated carbocycles. The number of nitrogens with zero attached hydrogens (tertiary/aromatic N) is 1. The van der Waals surface area contributed by atoms with Crippen LogP contribution in [0.5, 0.6) is 0 Å². The number of carbonyl (C=O) groups is 2. The van der Waals surface area contributed by atoms with E-state index in [1.165, 1.54) is 0 Å². The number of nitrogens with one attached hydrogen (secondary N) is 1. The van der Waals surface area contributed by atoms with Crippen LogP contribution >= 0.6 is 0 Å². The summed E-state index contributed by atoms with van der Waals surface area (Å²) in [6, 6.07) is 0.187. The fourth-order valence-electron chi connectivity index (χ4n) is 1.92. The van der Waals surface area contributed by atoms with Gasteiger partial charge in [0.25, 0.3) is 0 Å². The van der Waals surface area contributed by atoms with Crippen molar-refractivity contribution in [3.05, 3.63) is 29.3 Å². The maximum Gasteiger partial charge on any atom is 0.313 e. The Morgan fingerprint density at radius 2 is 1.59 bits per heavy atom. The van der Waals surface area contributed by atoms with E-state index in [4.69, 9.17) is 0 Å². The van der Waals surface area contributed by atoms with Crippen molar-refractivity contribution in [1.82, 2.24) is 4.90 Å². The van der Waals surface area contributed by atoms with Crippen LogP contribution in [0.25, 0.3) is 0 Å². The van der Waals surface area contributed by atoms with Gasteiger partial charge in [-0.05, 0) is 0 Å². The van der Waals surface area contributed by atoms with Crippen LogP contribution in [0.1, 0.15) is 0 Å². The molecule has 2 amide bonds. The zero-order chi connectivity index (χ0) is 16.6. The van der Waals surface area contributed by atoms with Gasteiger partial charge in [-0.15, -0.1) is 0 Å². The Bertz CT molecular complexity index is 630. The summed E-state index contributed by atoms with van der Waals surface area (Å²) < 4.78 is 52.1. The minimum atomic E-state index is -2.13. The van der Waals surface area contributed by atoms with E-state index < -0.39 is 53.0 Å². The van der Waals surface area contributed by atoms with Crippen molar-refractivity contribution >= 4 is 17.5 Å². The molecule has 2 rings (SSSR count). The highest BCUT2D eigenvalue weighted by molar-refractivity contribution is 6.39. The number of amides is 2. The number of likely N-dealkylation sites (tertiary alicyclic amines) is 1. The first-order valence-electron chi connectivity index (χ1n) is 6.01. The van der Waals surface area contributed by atoms with Crippen molar-refractivity contribution < 1.29 is 37.4 Å². The largest absolute Gasteiger partial charge is 0.388 e. The molecule has 1 saturated heterocycles. The maximum atomic E-state index is 13.4. The van der Waals surface area contributed by atoms with Crippen LogP contribution in [0.2, 0.25) is 0 Å². The number of hydrogen-bond acceptors (Lipinski definition) is 4. The number of hydrogen-bond donors (Lipinski definition) is 3. The highest BCUT2D eigenvalue weighted by Gasteiger charge is 2.35. The molecule has 1 fully saturated rings. The molecule has 0 unspecified atom stereocenters. The van der Waals surface area contributed by atoms with Gasteiger partial charge < -0.3 is 20.4 Å². The molecule has 6 nitrogen and oxygen atoms in total. The van der Waals surface area contributed by atoms with Gasteiger partial charge in [-0.1, -0.05) is 0 Å². The van der Waals surface area contributed by atoms with Gasteiger partial charge in [0.05, 0.1) is 17.9 Å². The number of anilines is 1. The Morgan fingerprint density at radius 3 is 2.14 bits per heavy atom. The van der Waals surface area contributed by atoms with E-state index >= 15 is 0 Å². The Morgan fingerprint density at radius 1 is 1.05 bits per heavy atom. The number of halogens is 4. The molecule has 2 atom stereocenters. The minimum absolute atomic E-state index is 0.187. The predicted molar refractivity (Wildman–Crippen MR) is 63.5 cm³/mol. The molecule has 1 aromatic rings. The molecule has 1 aliphatic rings. The van der Waals surface area contributed by atoms with Crippen molar-refractivity contribution in [3.8, 4) is 0 Å². The third-order valence-corrected chi connectivity index (χ3v) is 3.09. The number of rotatable bonds is 1. The summed E-state index contributed by atoms with van der Waals surface area (Å²) >= 11 is 0. The van der Waals surface area contributed by atoms with E-state index in [1.807, 2.05) is 0 Å². The van der Waals surface area contributed by atoms with Crippen molar-refractivity contribution in [2.45, 2.75) is 12.2 Å². The van der Waals surface area contributed by atoms with Gasteiger partial charge in [-0.2, -0.15) is 0 Å². The predicted octanol–water partition coefficient (Wildman–Crippen LogP) is -0.254. The first kappa shape index (κ1) is 16.2. The van der Waals surface area contributed by atoms with E-state index in [9.17, 15) is 37.4 Å². The van der Waals surface area contributed by atoms with E-state index in [0.717, 1.165) is 4.90 Å². The monoisotopic (exact) mass is 322 g/mol. The van der Waals surface area contributed by atoms with Crippen molar-refractivity contribution in [3.63, 3.8) is 0 Å². The lowest BCUT2D eigenvalue weighted by atomic mass is 10.2. The van der Waals surface area contributed by atoms with E-state index in [-0.39, 0.29) is 19.2 Å². The third-order valence-electron chi connectivity index (χ3n) is 3.09. The highest BCUT2D eigenvalue weighted by atomic mass is 19.2. The summed E-state index contributed by atoms with van der Waals surface area (Å²) in [6.45, 7) is -0.663. The lowest BCUT2D eigenvalue weighted by molar-refractivity contribution is -0.142. The van der Waals surface area contributed by atoms with Gasteiger partial charge in [0.15, 0.2) is 23.3 Å². The van der Waals surface area contributed by atoms with Gasteiger partial charge in [0.1, 0.15) is 0 Å².